The number of ether oxygens (including phenoxy) is 1. The zero-order valence-electron chi connectivity index (χ0n) is 8.30. The molecule has 0 aliphatic carbocycles. The molecule has 1 unspecified atom stereocenters. The van der Waals surface area contributed by atoms with Gasteiger partial charge in [-0.1, -0.05) is 13.8 Å². The molecule has 0 bridgehead atoms. The molecule has 1 aliphatic rings. The molecule has 0 spiro atoms. The Kier molecular flexibility index (Phi) is 3.29. The fourth-order valence-electron chi connectivity index (χ4n) is 1.39. The lowest BCUT2D eigenvalue weighted by atomic mass is 10.1. The normalized spacial score (nSPS) is 18.3. The topological polar surface area (TPSA) is 9.23 Å². The number of fused-ring (bicyclic) bond motifs is 1. The van der Waals surface area contributed by atoms with Crippen LogP contribution < -0.4 is 4.74 Å². The van der Waals surface area contributed by atoms with Gasteiger partial charge in [-0.15, -0.1) is 0 Å². The first-order chi connectivity index (χ1) is 6.25. The average molecular weight is 182 g/mol. The van der Waals surface area contributed by atoms with E-state index < -0.39 is 0 Å². The van der Waals surface area contributed by atoms with E-state index in [1.54, 1.807) is 12.1 Å². The van der Waals surface area contributed by atoms with Crippen molar-refractivity contribution in [2.45, 2.75) is 33.3 Å². The van der Waals surface area contributed by atoms with E-state index in [1.807, 2.05) is 20.8 Å². The predicted octanol–water partition coefficient (Wildman–Crippen LogP) is 3.18. The van der Waals surface area contributed by atoms with Crippen LogP contribution in [-0.2, 0) is 6.42 Å². The van der Waals surface area contributed by atoms with Crippen LogP contribution in [0.25, 0.3) is 0 Å². The molecule has 1 nitrogen and oxygen atoms in total. The van der Waals surface area contributed by atoms with Crippen LogP contribution in [0, 0.1) is 5.82 Å². The molecule has 72 valence electrons. The molecule has 1 atom stereocenters. The lowest BCUT2D eigenvalue weighted by molar-refractivity contribution is 0.254. The summed E-state index contributed by atoms with van der Waals surface area (Å²) < 4.78 is 18.0. The fourth-order valence-corrected chi connectivity index (χ4v) is 1.39. The van der Waals surface area contributed by atoms with Crippen molar-refractivity contribution in [3.05, 3.63) is 29.6 Å². The second-order valence-electron chi connectivity index (χ2n) is 2.88. The molecule has 0 saturated carbocycles. The third-order valence-electron chi connectivity index (χ3n) is 1.86. The Bertz CT molecular complexity index is 283. The van der Waals surface area contributed by atoms with Crippen molar-refractivity contribution in [1.82, 2.24) is 0 Å². The summed E-state index contributed by atoms with van der Waals surface area (Å²) in [5, 5.41) is 0. The fraction of sp³-hybridized carbons (Fsp3) is 0.455. The Labute approximate surface area is 78.5 Å². The Morgan fingerprint density at radius 3 is 2.77 bits per heavy atom. The SMILES string of the molecule is CC.CC1Cc2cc(F)ccc2O1. The van der Waals surface area contributed by atoms with Gasteiger partial charge >= 0.3 is 0 Å². The van der Waals surface area contributed by atoms with Crippen molar-refractivity contribution in [3.8, 4) is 5.75 Å². The minimum absolute atomic E-state index is 0.179. The van der Waals surface area contributed by atoms with Gasteiger partial charge in [-0.2, -0.15) is 0 Å². The van der Waals surface area contributed by atoms with Gasteiger partial charge in [0.2, 0.25) is 0 Å². The first-order valence-electron chi connectivity index (χ1n) is 4.71. The maximum Gasteiger partial charge on any atom is 0.123 e. The summed E-state index contributed by atoms with van der Waals surface area (Å²) in [7, 11) is 0. The zero-order chi connectivity index (χ0) is 9.84. The van der Waals surface area contributed by atoms with Gasteiger partial charge in [-0.3, -0.25) is 0 Å². The van der Waals surface area contributed by atoms with Gasteiger partial charge in [-0.25, -0.2) is 4.39 Å². The molecule has 0 N–H and O–H groups in total. The zero-order valence-corrected chi connectivity index (χ0v) is 8.30. The van der Waals surface area contributed by atoms with Crippen molar-refractivity contribution in [3.63, 3.8) is 0 Å². The highest BCUT2D eigenvalue weighted by atomic mass is 19.1. The van der Waals surface area contributed by atoms with Crippen molar-refractivity contribution in [1.29, 1.82) is 0 Å². The van der Waals surface area contributed by atoms with E-state index >= 15 is 0 Å². The standard InChI is InChI=1S/C9H9FO.C2H6/c1-6-4-7-5-8(10)2-3-9(7)11-6;1-2/h2-3,5-6H,4H2,1H3;1-2H3. The first-order valence-corrected chi connectivity index (χ1v) is 4.71. The molecular weight excluding hydrogens is 167 g/mol. The summed E-state index contributed by atoms with van der Waals surface area (Å²) in [5.74, 6) is 0.653. The minimum atomic E-state index is -0.179. The van der Waals surface area contributed by atoms with Gasteiger partial charge in [0.05, 0.1) is 0 Å². The molecule has 1 heterocycles. The molecule has 0 amide bonds. The smallest absolute Gasteiger partial charge is 0.123 e. The molecule has 0 radical (unpaired) electrons. The second-order valence-corrected chi connectivity index (χ2v) is 2.88. The molecule has 13 heavy (non-hydrogen) atoms. The monoisotopic (exact) mass is 182 g/mol. The van der Waals surface area contributed by atoms with E-state index in [2.05, 4.69) is 0 Å². The molecule has 0 fully saturated rings. The van der Waals surface area contributed by atoms with Gasteiger partial charge in [0.15, 0.2) is 0 Å². The van der Waals surface area contributed by atoms with Crippen molar-refractivity contribution in [2.24, 2.45) is 0 Å². The van der Waals surface area contributed by atoms with E-state index in [0.717, 1.165) is 17.7 Å². The Morgan fingerprint density at radius 1 is 1.38 bits per heavy atom. The first kappa shape index (κ1) is 10.0. The van der Waals surface area contributed by atoms with Gasteiger partial charge < -0.3 is 4.74 Å². The molecule has 1 aromatic carbocycles. The van der Waals surface area contributed by atoms with E-state index in [-0.39, 0.29) is 11.9 Å². The lowest BCUT2D eigenvalue weighted by Crippen LogP contribution is -2.05. The van der Waals surface area contributed by atoms with Crippen LogP contribution in [0.15, 0.2) is 18.2 Å². The molecule has 2 rings (SSSR count). The Balaban J connectivity index is 0.000000396. The van der Waals surface area contributed by atoms with Gasteiger partial charge in [0.1, 0.15) is 17.7 Å². The third kappa shape index (κ3) is 2.20. The summed E-state index contributed by atoms with van der Waals surface area (Å²) in [6.07, 6.45) is 1.03. The van der Waals surface area contributed by atoms with Crippen LogP contribution in [0.1, 0.15) is 26.3 Å². The van der Waals surface area contributed by atoms with Gasteiger partial charge in [0.25, 0.3) is 0 Å². The third-order valence-corrected chi connectivity index (χ3v) is 1.86. The molecule has 1 aromatic rings. The maximum atomic E-state index is 12.6. The van der Waals surface area contributed by atoms with E-state index in [4.69, 9.17) is 4.74 Å². The van der Waals surface area contributed by atoms with E-state index in [0.29, 0.717) is 0 Å². The Morgan fingerprint density at radius 2 is 2.08 bits per heavy atom. The number of hydrogen-bond acceptors (Lipinski definition) is 1. The average Bonchev–Trinajstić information content (AvgIpc) is 2.48. The summed E-state index contributed by atoms with van der Waals surface area (Å²) in [4.78, 5) is 0. The minimum Gasteiger partial charge on any atom is -0.490 e. The van der Waals surface area contributed by atoms with E-state index in [1.165, 1.54) is 6.07 Å². The van der Waals surface area contributed by atoms with Crippen LogP contribution in [0.2, 0.25) is 0 Å². The van der Waals surface area contributed by atoms with E-state index in [9.17, 15) is 4.39 Å². The largest absolute Gasteiger partial charge is 0.490 e. The summed E-state index contributed by atoms with van der Waals surface area (Å²) in [5.41, 5.74) is 0.984. The molecule has 2 heteroatoms. The number of hydrogen-bond donors (Lipinski definition) is 0. The van der Waals surface area contributed by atoms with Crippen LogP contribution >= 0.6 is 0 Å². The summed E-state index contributed by atoms with van der Waals surface area (Å²) >= 11 is 0. The van der Waals surface area contributed by atoms with Crippen LogP contribution in [0.3, 0.4) is 0 Å². The van der Waals surface area contributed by atoms with Crippen molar-refractivity contribution >= 4 is 0 Å². The second kappa shape index (κ2) is 4.26. The van der Waals surface area contributed by atoms with Crippen molar-refractivity contribution < 1.29 is 9.13 Å². The van der Waals surface area contributed by atoms with Crippen LogP contribution in [0.5, 0.6) is 5.75 Å². The highest BCUT2D eigenvalue weighted by Crippen LogP contribution is 2.28. The quantitative estimate of drug-likeness (QED) is 0.598. The predicted molar refractivity (Wildman–Crippen MR) is 51.5 cm³/mol. The Hall–Kier alpha value is -1.05. The molecule has 0 aromatic heterocycles. The molecular formula is C11H15FO. The number of benzene rings is 1. The number of rotatable bonds is 0. The van der Waals surface area contributed by atoms with Crippen LogP contribution in [0.4, 0.5) is 4.39 Å². The highest BCUT2D eigenvalue weighted by Gasteiger charge is 2.18. The van der Waals surface area contributed by atoms with Crippen molar-refractivity contribution in [2.75, 3.05) is 0 Å². The van der Waals surface area contributed by atoms with Gasteiger partial charge in [-0.05, 0) is 25.1 Å². The lowest BCUT2D eigenvalue weighted by Gasteiger charge is -2.00. The van der Waals surface area contributed by atoms with Crippen LogP contribution in [-0.4, -0.2) is 6.10 Å². The highest BCUT2D eigenvalue weighted by molar-refractivity contribution is 5.37. The molecule has 1 aliphatic heterocycles. The summed E-state index contributed by atoms with van der Waals surface area (Å²) in [6.45, 7) is 5.98. The maximum absolute atomic E-state index is 12.6. The summed E-state index contributed by atoms with van der Waals surface area (Å²) in [6, 6.07) is 4.66. The number of halogens is 1. The molecule has 0 saturated heterocycles. The van der Waals surface area contributed by atoms with Gasteiger partial charge in [0, 0.05) is 12.0 Å².